The van der Waals surface area contributed by atoms with Gasteiger partial charge in [0, 0.05) is 0 Å². The Balaban J connectivity index is -0.00000000375. The minimum Gasteiger partial charge on any atom is 2.00 e. The number of nitrogens with zero attached hydrogens (tertiary/aromatic N) is 2. The van der Waals surface area contributed by atoms with E-state index in [0.717, 1.165) is 0 Å². The third-order valence-electron chi connectivity index (χ3n) is 0. The smallest absolute Gasteiger partial charge is 2.00 e. The van der Waals surface area contributed by atoms with Crippen molar-refractivity contribution in [3.05, 3.63) is 30.6 Å². The molecule has 0 heterocycles. The molecule has 0 rings (SSSR count). The predicted octanol–water partition coefficient (Wildman–Crippen LogP) is -6.46. The Hall–Kier alpha value is 0.563. The Labute approximate surface area is 146 Å². The monoisotopic (exact) mass is 296 g/mol. The summed E-state index contributed by atoms with van der Waals surface area (Å²) in [7, 11) is 0. The Morgan fingerprint density at radius 2 is 0.562 bits per heavy atom. The van der Waals surface area contributed by atoms with E-state index in [9.17, 15) is 0 Å². The summed E-state index contributed by atoms with van der Waals surface area (Å²) < 4.78 is 0. The molecule has 14 nitrogen and oxygen atoms in total. The Bertz CT molecular complexity index is 77.0. The second kappa shape index (κ2) is 76.6. The Morgan fingerprint density at radius 1 is 0.562 bits per heavy atom. The Kier molecular flexibility index (Phi) is 446. The second-order valence-electron chi connectivity index (χ2n) is 0.447. The van der Waals surface area contributed by atoms with E-state index in [1.165, 1.54) is 0 Å². The maximum Gasteiger partial charge on any atom is 2.00 e. The number of rotatable bonds is 0. The molecule has 0 amide bonds. The van der Waals surface area contributed by atoms with Crippen LogP contribution in [0.5, 0.6) is 0 Å². The molecule has 12 N–H and O–H groups in total. The molecular formula is H13KMgN2O12. The zero-order valence-electron chi connectivity index (χ0n) is 7.05. The molecule has 0 aliphatic carbocycles. The van der Waals surface area contributed by atoms with Crippen LogP contribution in [-0.2, 0) is 0 Å². The zero-order valence-corrected chi connectivity index (χ0v) is 8.47. The first kappa shape index (κ1) is 93.1. The SMILES string of the molecule is O.O.O.O.O.O.O=[N+]([O-])[O-].O=[N+]([O-])[O-].[KH].[Mg+2]. The molecule has 0 aliphatic heterocycles. The fourth-order valence-corrected chi connectivity index (χ4v) is 0. The van der Waals surface area contributed by atoms with E-state index in [2.05, 4.69) is 0 Å². The maximum atomic E-state index is 8.25. The van der Waals surface area contributed by atoms with Gasteiger partial charge in [-0.25, -0.2) is 0 Å². The van der Waals surface area contributed by atoms with E-state index >= 15 is 0 Å². The van der Waals surface area contributed by atoms with E-state index in [-0.39, 0.29) is 107 Å². The van der Waals surface area contributed by atoms with Crippen molar-refractivity contribution in [2.75, 3.05) is 0 Å². The normalized spacial score (nSPS) is 3.00. The first-order chi connectivity index (χ1) is 3.46. The van der Waals surface area contributed by atoms with Crippen LogP contribution in [0, 0.1) is 30.6 Å². The molecule has 0 aromatic heterocycles. The molecule has 0 aliphatic rings. The summed E-state index contributed by atoms with van der Waals surface area (Å²) in [6.45, 7) is 0. The molecule has 0 bridgehead atoms. The number of hydrogen-bond donors (Lipinski definition) is 0. The molecular weight excluding hydrogens is 283 g/mol. The van der Waals surface area contributed by atoms with Gasteiger partial charge >= 0.3 is 74.4 Å². The van der Waals surface area contributed by atoms with E-state index < -0.39 is 10.2 Å². The van der Waals surface area contributed by atoms with Gasteiger partial charge in [0.15, 0.2) is 0 Å². The van der Waals surface area contributed by atoms with E-state index in [0.29, 0.717) is 0 Å². The molecule has 98 valence electrons. The molecule has 0 saturated heterocycles. The van der Waals surface area contributed by atoms with Crippen molar-refractivity contribution in [2.24, 2.45) is 0 Å². The summed E-state index contributed by atoms with van der Waals surface area (Å²) in [6, 6.07) is 0. The van der Waals surface area contributed by atoms with E-state index in [1.54, 1.807) is 0 Å². The van der Waals surface area contributed by atoms with Crippen molar-refractivity contribution in [1.29, 1.82) is 0 Å². The molecule has 0 fully saturated rings. The minimum absolute atomic E-state index is 0. The van der Waals surface area contributed by atoms with Crippen LogP contribution < -0.4 is 0 Å². The molecule has 0 aromatic carbocycles. The van der Waals surface area contributed by atoms with Crippen molar-refractivity contribution in [3.8, 4) is 0 Å². The summed E-state index contributed by atoms with van der Waals surface area (Å²) in [5.41, 5.74) is 0. The topological polar surface area (TPSA) is 321 Å². The average Bonchev–Trinajstić information content (AvgIpc) is 1.25. The van der Waals surface area contributed by atoms with Crippen LogP contribution >= 0.6 is 0 Å². The van der Waals surface area contributed by atoms with Crippen LogP contribution in [0.4, 0.5) is 0 Å². The molecule has 0 atom stereocenters. The van der Waals surface area contributed by atoms with Gasteiger partial charge in [-0.15, -0.1) is 0 Å². The van der Waals surface area contributed by atoms with Crippen molar-refractivity contribution in [2.45, 2.75) is 0 Å². The van der Waals surface area contributed by atoms with Gasteiger partial charge in [0.2, 0.25) is 0 Å². The molecule has 0 unspecified atom stereocenters. The van der Waals surface area contributed by atoms with E-state index in [4.69, 9.17) is 30.6 Å². The molecule has 0 aromatic rings. The van der Waals surface area contributed by atoms with Gasteiger partial charge in [0.1, 0.15) is 0 Å². The molecule has 0 saturated carbocycles. The van der Waals surface area contributed by atoms with Crippen molar-refractivity contribution in [1.82, 2.24) is 0 Å². The largest absolute Gasteiger partial charge is 2.00 e. The van der Waals surface area contributed by atoms with Gasteiger partial charge in [-0.1, -0.05) is 0 Å². The standard InChI is InChI=1S/K.Mg.2NO3.6H2O.H/c;;2*2-1(3)4;;;;;;;/h;;;;6*1H2;/q;+2;2*-1;;;;;;;. The molecule has 0 radical (unpaired) electrons. The van der Waals surface area contributed by atoms with Crippen molar-refractivity contribution < 1.29 is 43.0 Å². The summed E-state index contributed by atoms with van der Waals surface area (Å²) >= 11 is 0. The van der Waals surface area contributed by atoms with Gasteiger partial charge in [0.25, 0.3) is 0 Å². The van der Waals surface area contributed by atoms with Gasteiger partial charge in [-0.05, 0) is 0 Å². The predicted molar refractivity (Wildman–Crippen MR) is 55.3 cm³/mol. The fourth-order valence-electron chi connectivity index (χ4n) is 0. The van der Waals surface area contributed by atoms with Crippen LogP contribution in [0.3, 0.4) is 0 Å². The summed E-state index contributed by atoms with van der Waals surface area (Å²) in [6.07, 6.45) is 0. The van der Waals surface area contributed by atoms with Gasteiger partial charge in [-0.3, -0.25) is 0 Å². The van der Waals surface area contributed by atoms with Gasteiger partial charge in [0.05, 0.1) is 10.2 Å². The Morgan fingerprint density at radius 3 is 0.562 bits per heavy atom. The van der Waals surface area contributed by atoms with Crippen molar-refractivity contribution >= 4 is 74.4 Å². The van der Waals surface area contributed by atoms with Crippen LogP contribution in [0.1, 0.15) is 0 Å². The zero-order chi connectivity index (χ0) is 7.15. The van der Waals surface area contributed by atoms with Crippen LogP contribution in [-0.4, -0.2) is 117 Å². The maximum absolute atomic E-state index is 8.25. The molecule has 0 spiro atoms. The van der Waals surface area contributed by atoms with Crippen LogP contribution in [0.2, 0.25) is 0 Å². The van der Waals surface area contributed by atoms with Gasteiger partial charge in [-0.2, -0.15) is 0 Å². The molecule has 16 heavy (non-hydrogen) atoms. The van der Waals surface area contributed by atoms with Crippen LogP contribution in [0.25, 0.3) is 0 Å². The van der Waals surface area contributed by atoms with Crippen LogP contribution in [0.15, 0.2) is 0 Å². The second-order valence-corrected chi connectivity index (χ2v) is 0.447. The third kappa shape index (κ3) is 8460. The summed E-state index contributed by atoms with van der Waals surface area (Å²) in [5.74, 6) is 0. The third-order valence-corrected chi connectivity index (χ3v) is 0. The van der Waals surface area contributed by atoms with E-state index in [1.807, 2.05) is 0 Å². The first-order valence-corrected chi connectivity index (χ1v) is 1.10. The van der Waals surface area contributed by atoms with Crippen molar-refractivity contribution in [3.63, 3.8) is 0 Å². The first-order valence-electron chi connectivity index (χ1n) is 1.10. The number of hydrogen-bond acceptors (Lipinski definition) is 6. The summed E-state index contributed by atoms with van der Waals surface area (Å²) in [4.78, 5) is 16.5. The van der Waals surface area contributed by atoms with Gasteiger partial charge < -0.3 is 63.5 Å². The quantitative estimate of drug-likeness (QED) is 0.237. The minimum atomic E-state index is -1.75. The summed E-state index contributed by atoms with van der Waals surface area (Å²) in [5, 5.41) is 29.5. The molecule has 16 heteroatoms. The fraction of sp³-hybridized carbons (Fsp3) is 0. The average molecular weight is 297 g/mol.